The van der Waals surface area contributed by atoms with Gasteiger partial charge in [-0.05, 0) is 39.0 Å². The topological polar surface area (TPSA) is 81.2 Å². The highest BCUT2D eigenvalue weighted by atomic mass is 16.6. The van der Waals surface area contributed by atoms with E-state index in [1.807, 2.05) is 26.0 Å². The minimum absolute atomic E-state index is 0.0204. The predicted octanol–water partition coefficient (Wildman–Crippen LogP) is 3.37. The first-order chi connectivity index (χ1) is 8.97. The summed E-state index contributed by atoms with van der Waals surface area (Å²) in [6.07, 6.45) is 1.26. The van der Waals surface area contributed by atoms with Gasteiger partial charge in [0.1, 0.15) is 23.5 Å². The van der Waals surface area contributed by atoms with Gasteiger partial charge in [-0.25, -0.2) is 4.98 Å². The van der Waals surface area contributed by atoms with Crippen LogP contribution in [0.3, 0.4) is 0 Å². The standard InChI is InChI=1S/C13H15N3O3/c1-8-6-13(14-7-11(8)16(17)18)15-10(3)12-5-4-9(2)19-12/h4-7,10H,1-3H3,(H,14,15). The number of hydrogen-bond donors (Lipinski definition) is 1. The van der Waals surface area contributed by atoms with Crippen LogP contribution in [0.25, 0.3) is 0 Å². The van der Waals surface area contributed by atoms with E-state index in [4.69, 9.17) is 4.42 Å². The van der Waals surface area contributed by atoms with Crippen molar-refractivity contribution in [3.05, 3.63) is 51.6 Å². The van der Waals surface area contributed by atoms with Crippen LogP contribution in [0.5, 0.6) is 0 Å². The minimum atomic E-state index is -0.439. The largest absolute Gasteiger partial charge is 0.464 e. The Bertz CT molecular complexity index is 607. The Morgan fingerprint density at radius 3 is 2.68 bits per heavy atom. The Balaban J connectivity index is 2.15. The van der Waals surface area contributed by atoms with E-state index in [0.717, 1.165) is 11.5 Å². The predicted molar refractivity (Wildman–Crippen MR) is 71.1 cm³/mol. The van der Waals surface area contributed by atoms with Gasteiger partial charge < -0.3 is 9.73 Å². The lowest BCUT2D eigenvalue weighted by Gasteiger charge is -2.12. The lowest BCUT2D eigenvalue weighted by Crippen LogP contribution is -2.07. The van der Waals surface area contributed by atoms with Crippen LogP contribution in [-0.2, 0) is 0 Å². The first-order valence-corrected chi connectivity index (χ1v) is 5.91. The van der Waals surface area contributed by atoms with Crippen LogP contribution in [0.4, 0.5) is 11.5 Å². The molecule has 0 aliphatic carbocycles. The van der Waals surface area contributed by atoms with Gasteiger partial charge in [-0.1, -0.05) is 0 Å². The van der Waals surface area contributed by atoms with E-state index in [2.05, 4.69) is 10.3 Å². The van der Waals surface area contributed by atoms with Gasteiger partial charge in [0, 0.05) is 5.56 Å². The van der Waals surface area contributed by atoms with Crippen molar-refractivity contribution in [2.45, 2.75) is 26.8 Å². The molecule has 0 bridgehead atoms. The van der Waals surface area contributed by atoms with Gasteiger partial charge in [-0.3, -0.25) is 10.1 Å². The molecule has 2 aromatic heterocycles. The zero-order valence-electron chi connectivity index (χ0n) is 11.0. The summed E-state index contributed by atoms with van der Waals surface area (Å²) in [6.45, 7) is 5.51. The van der Waals surface area contributed by atoms with Gasteiger partial charge in [0.15, 0.2) is 0 Å². The number of nitro groups is 1. The highest BCUT2D eigenvalue weighted by Crippen LogP contribution is 2.23. The normalized spacial score (nSPS) is 12.2. The number of nitrogens with zero attached hydrogens (tertiary/aromatic N) is 2. The fourth-order valence-corrected chi connectivity index (χ4v) is 1.80. The maximum atomic E-state index is 10.7. The summed E-state index contributed by atoms with van der Waals surface area (Å²) in [5.74, 6) is 2.23. The molecule has 6 heteroatoms. The van der Waals surface area contributed by atoms with Crippen LogP contribution >= 0.6 is 0 Å². The van der Waals surface area contributed by atoms with E-state index in [0.29, 0.717) is 11.4 Å². The van der Waals surface area contributed by atoms with Crippen LogP contribution in [-0.4, -0.2) is 9.91 Å². The second kappa shape index (κ2) is 5.09. The molecular weight excluding hydrogens is 246 g/mol. The van der Waals surface area contributed by atoms with Crippen LogP contribution in [0, 0.1) is 24.0 Å². The summed E-state index contributed by atoms with van der Waals surface area (Å²) in [4.78, 5) is 14.3. The van der Waals surface area contributed by atoms with Gasteiger partial charge in [-0.15, -0.1) is 0 Å². The Morgan fingerprint density at radius 2 is 2.16 bits per heavy atom. The number of aromatic nitrogens is 1. The van der Waals surface area contributed by atoms with Gasteiger partial charge in [0.25, 0.3) is 5.69 Å². The Labute approximate surface area is 110 Å². The van der Waals surface area contributed by atoms with Crippen molar-refractivity contribution in [3.63, 3.8) is 0 Å². The number of furan rings is 1. The van der Waals surface area contributed by atoms with Crippen molar-refractivity contribution in [3.8, 4) is 0 Å². The summed E-state index contributed by atoms with van der Waals surface area (Å²) in [5, 5.41) is 13.9. The van der Waals surface area contributed by atoms with Gasteiger partial charge in [0.2, 0.25) is 0 Å². The number of nitrogens with one attached hydrogen (secondary N) is 1. The lowest BCUT2D eigenvalue weighted by atomic mass is 10.2. The quantitative estimate of drug-likeness (QED) is 0.674. The molecule has 0 radical (unpaired) electrons. The van der Waals surface area contributed by atoms with Crippen molar-refractivity contribution >= 4 is 11.5 Å². The summed E-state index contributed by atoms with van der Waals surface area (Å²) in [5.41, 5.74) is 0.595. The smallest absolute Gasteiger partial charge is 0.290 e. The summed E-state index contributed by atoms with van der Waals surface area (Å²) < 4.78 is 5.51. The number of rotatable bonds is 4. The Morgan fingerprint density at radius 1 is 1.42 bits per heavy atom. The third-order valence-corrected chi connectivity index (χ3v) is 2.83. The molecule has 0 aliphatic rings. The second-order valence-electron chi connectivity index (χ2n) is 4.43. The van der Waals surface area contributed by atoms with E-state index in [1.54, 1.807) is 13.0 Å². The fourth-order valence-electron chi connectivity index (χ4n) is 1.80. The molecule has 0 amide bonds. The fraction of sp³-hybridized carbons (Fsp3) is 0.308. The van der Waals surface area contributed by atoms with Crippen LogP contribution in [0.15, 0.2) is 28.8 Å². The molecule has 1 atom stereocenters. The third kappa shape index (κ3) is 2.90. The molecule has 2 rings (SSSR count). The highest BCUT2D eigenvalue weighted by Gasteiger charge is 2.14. The number of aryl methyl sites for hydroxylation is 2. The molecule has 2 heterocycles. The van der Waals surface area contributed by atoms with E-state index >= 15 is 0 Å². The molecule has 1 unspecified atom stereocenters. The molecule has 0 aliphatic heterocycles. The summed E-state index contributed by atoms with van der Waals surface area (Å²) in [7, 11) is 0. The highest BCUT2D eigenvalue weighted by molar-refractivity contribution is 5.47. The van der Waals surface area contributed by atoms with Gasteiger partial charge >= 0.3 is 0 Å². The molecule has 19 heavy (non-hydrogen) atoms. The molecule has 0 aromatic carbocycles. The van der Waals surface area contributed by atoms with E-state index in [1.165, 1.54) is 6.20 Å². The zero-order valence-corrected chi connectivity index (χ0v) is 11.0. The maximum Gasteiger partial charge on any atom is 0.290 e. The lowest BCUT2D eigenvalue weighted by molar-refractivity contribution is -0.385. The van der Waals surface area contributed by atoms with Crippen LogP contribution in [0.1, 0.15) is 30.0 Å². The zero-order chi connectivity index (χ0) is 14.0. The first-order valence-electron chi connectivity index (χ1n) is 5.91. The SMILES string of the molecule is Cc1ccc(C(C)Nc2cc(C)c([N+](=O)[O-])cn2)o1. The first kappa shape index (κ1) is 13.1. The average Bonchev–Trinajstić information content (AvgIpc) is 2.75. The number of pyridine rings is 1. The Hall–Kier alpha value is -2.37. The average molecular weight is 261 g/mol. The van der Waals surface area contributed by atoms with Crippen LogP contribution < -0.4 is 5.32 Å². The minimum Gasteiger partial charge on any atom is -0.464 e. The number of hydrogen-bond acceptors (Lipinski definition) is 5. The van der Waals surface area contributed by atoms with Crippen molar-refractivity contribution in [2.75, 3.05) is 5.32 Å². The molecular formula is C13H15N3O3. The molecule has 6 nitrogen and oxygen atoms in total. The molecule has 0 fully saturated rings. The molecule has 0 saturated heterocycles. The van der Waals surface area contributed by atoms with Crippen LogP contribution in [0.2, 0.25) is 0 Å². The maximum absolute atomic E-state index is 10.7. The van der Waals surface area contributed by atoms with Crippen molar-refractivity contribution in [1.82, 2.24) is 4.98 Å². The van der Waals surface area contributed by atoms with E-state index in [-0.39, 0.29) is 11.7 Å². The van der Waals surface area contributed by atoms with Crippen molar-refractivity contribution < 1.29 is 9.34 Å². The van der Waals surface area contributed by atoms with E-state index in [9.17, 15) is 10.1 Å². The monoisotopic (exact) mass is 261 g/mol. The third-order valence-electron chi connectivity index (χ3n) is 2.83. The molecule has 2 aromatic rings. The number of anilines is 1. The Kier molecular flexibility index (Phi) is 3.50. The summed E-state index contributed by atoms with van der Waals surface area (Å²) in [6, 6.07) is 5.39. The molecule has 0 spiro atoms. The molecule has 0 saturated carbocycles. The summed E-state index contributed by atoms with van der Waals surface area (Å²) >= 11 is 0. The van der Waals surface area contributed by atoms with Crippen molar-refractivity contribution in [1.29, 1.82) is 0 Å². The van der Waals surface area contributed by atoms with Gasteiger partial charge in [0.05, 0.1) is 11.0 Å². The second-order valence-corrected chi connectivity index (χ2v) is 4.43. The molecule has 100 valence electrons. The van der Waals surface area contributed by atoms with Crippen molar-refractivity contribution in [2.24, 2.45) is 0 Å². The molecule has 1 N–H and O–H groups in total. The van der Waals surface area contributed by atoms with Gasteiger partial charge in [-0.2, -0.15) is 0 Å². The van der Waals surface area contributed by atoms with E-state index < -0.39 is 4.92 Å².